The van der Waals surface area contributed by atoms with Gasteiger partial charge in [-0.15, -0.1) is 4.76 Å². The molecule has 0 amide bonds. The number of hydrogen-bond donors (Lipinski definition) is 0. The van der Waals surface area contributed by atoms with Crippen LogP contribution in [0.1, 0.15) is 24.3 Å². The molecular formula is C14H14N3O4P. The molecule has 0 fully saturated rings. The zero-order valence-corrected chi connectivity index (χ0v) is 12.7. The van der Waals surface area contributed by atoms with Crippen LogP contribution in [0.15, 0.2) is 53.8 Å². The van der Waals surface area contributed by atoms with E-state index in [-0.39, 0.29) is 12.5 Å². The molecule has 0 aromatic carbocycles. The molecule has 0 bridgehead atoms. The van der Waals surface area contributed by atoms with Gasteiger partial charge in [0.2, 0.25) is 12.2 Å². The maximum atomic E-state index is 12.6. The highest BCUT2D eigenvalue weighted by Gasteiger charge is 2.37. The SMILES string of the molecule is CCOP1(=O)N=C(c2cccnc2)OC(c2cccnc2)O1. The Kier molecular flexibility index (Phi) is 4.29. The summed E-state index contributed by atoms with van der Waals surface area (Å²) in [6, 6.07) is 7.00. The summed E-state index contributed by atoms with van der Waals surface area (Å²) in [5.74, 6) is 0.171. The molecular weight excluding hydrogens is 305 g/mol. The van der Waals surface area contributed by atoms with Crippen LogP contribution in [0.25, 0.3) is 0 Å². The number of ether oxygens (including phenoxy) is 1. The van der Waals surface area contributed by atoms with E-state index < -0.39 is 14.0 Å². The Morgan fingerprint density at radius 1 is 1.23 bits per heavy atom. The van der Waals surface area contributed by atoms with Crippen molar-refractivity contribution in [2.45, 2.75) is 13.2 Å². The minimum Gasteiger partial charge on any atom is -0.442 e. The lowest BCUT2D eigenvalue weighted by atomic mass is 10.2. The van der Waals surface area contributed by atoms with Crippen LogP contribution >= 0.6 is 7.75 Å². The van der Waals surface area contributed by atoms with Gasteiger partial charge in [0.05, 0.1) is 12.2 Å². The summed E-state index contributed by atoms with van der Waals surface area (Å²) >= 11 is 0. The van der Waals surface area contributed by atoms with Crippen LogP contribution in [0.4, 0.5) is 0 Å². The molecule has 8 heteroatoms. The first-order valence-electron chi connectivity index (χ1n) is 6.70. The second kappa shape index (κ2) is 6.36. The Labute approximate surface area is 127 Å². The fourth-order valence-corrected chi connectivity index (χ4v) is 3.17. The van der Waals surface area contributed by atoms with E-state index in [1.54, 1.807) is 56.0 Å². The van der Waals surface area contributed by atoms with Crippen molar-refractivity contribution >= 4 is 13.6 Å². The van der Waals surface area contributed by atoms with Gasteiger partial charge in [-0.25, -0.2) is 9.09 Å². The van der Waals surface area contributed by atoms with E-state index in [9.17, 15) is 4.57 Å². The van der Waals surface area contributed by atoms with Crippen molar-refractivity contribution in [1.82, 2.24) is 9.97 Å². The summed E-state index contributed by atoms with van der Waals surface area (Å²) in [5, 5.41) is 0. The molecule has 0 N–H and O–H groups in total. The van der Waals surface area contributed by atoms with Crippen molar-refractivity contribution in [1.29, 1.82) is 0 Å². The molecule has 1 aliphatic heterocycles. The summed E-state index contributed by atoms with van der Waals surface area (Å²) in [4.78, 5) is 8.02. The van der Waals surface area contributed by atoms with E-state index in [1.165, 1.54) is 0 Å². The molecule has 2 unspecified atom stereocenters. The molecule has 0 aliphatic carbocycles. The zero-order valence-electron chi connectivity index (χ0n) is 11.8. The number of pyridine rings is 2. The maximum absolute atomic E-state index is 12.6. The van der Waals surface area contributed by atoms with Gasteiger partial charge in [-0.1, -0.05) is 0 Å². The monoisotopic (exact) mass is 319 g/mol. The minimum atomic E-state index is -3.65. The normalized spacial score (nSPS) is 24.4. The Morgan fingerprint density at radius 3 is 2.64 bits per heavy atom. The third kappa shape index (κ3) is 3.22. The predicted molar refractivity (Wildman–Crippen MR) is 79.2 cm³/mol. The van der Waals surface area contributed by atoms with Crippen LogP contribution in [-0.4, -0.2) is 22.5 Å². The van der Waals surface area contributed by atoms with Gasteiger partial charge in [0, 0.05) is 30.4 Å². The quantitative estimate of drug-likeness (QED) is 0.805. The van der Waals surface area contributed by atoms with E-state index in [0.29, 0.717) is 11.1 Å². The second-order valence-corrected chi connectivity index (χ2v) is 5.98. The van der Waals surface area contributed by atoms with Gasteiger partial charge in [-0.3, -0.25) is 14.5 Å². The smallest absolute Gasteiger partial charge is 0.442 e. The molecule has 3 heterocycles. The Hall–Kier alpha value is -2.08. The highest BCUT2D eigenvalue weighted by Crippen LogP contribution is 2.56. The molecule has 2 atom stereocenters. The van der Waals surface area contributed by atoms with Gasteiger partial charge in [0.1, 0.15) is 0 Å². The zero-order chi connectivity index (χ0) is 15.4. The molecule has 7 nitrogen and oxygen atoms in total. The van der Waals surface area contributed by atoms with Crippen molar-refractivity contribution in [2.24, 2.45) is 4.76 Å². The van der Waals surface area contributed by atoms with Gasteiger partial charge < -0.3 is 4.74 Å². The average molecular weight is 319 g/mol. The van der Waals surface area contributed by atoms with Crippen molar-refractivity contribution in [2.75, 3.05) is 6.61 Å². The Balaban J connectivity index is 1.98. The fourth-order valence-electron chi connectivity index (χ4n) is 1.88. The Bertz CT molecular complexity index is 709. The number of rotatable bonds is 4. The third-order valence-electron chi connectivity index (χ3n) is 2.82. The lowest BCUT2D eigenvalue weighted by molar-refractivity contribution is -0.0273. The van der Waals surface area contributed by atoms with E-state index in [2.05, 4.69) is 14.7 Å². The third-order valence-corrected chi connectivity index (χ3v) is 4.29. The van der Waals surface area contributed by atoms with Crippen LogP contribution in [-0.2, 0) is 18.3 Å². The summed E-state index contributed by atoms with van der Waals surface area (Å²) in [5.41, 5.74) is 1.22. The molecule has 1 aliphatic rings. The first-order chi connectivity index (χ1) is 10.7. The molecule has 2 aromatic rings. The minimum absolute atomic E-state index is 0.171. The second-order valence-electron chi connectivity index (χ2n) is 4.37. The lowest BCUT2D eigenvalue weighted by Gasteiger charge is -2.27. The van der Waals surface area contributed by atoms with E-state index in [4.69, 9.17) is 13.8 Å². The van der Waals surface area contributed by atoms with Crippen LogP contribution in [0, 0.1) is 0 Å². The average Bonchev–Trinajstić information content (AvgIpc) is 2.56. The summed E-state index contributed by atoms with van der Waals surface area (Å²) < 4.78 is 33.0. The molecule has 0 saturated heterocycles. The Morgan fingerprint density at radius 2 is 2.00 bits per heavy atom. The molecule has 114 valence electrons. The summed E-state index contributed by atoms with van der Waals surface area (Å²) in [7, 11) is -3.65. The van der Waals surface area contributed by atoms with Gasteiger partial charge >= 0.3 is 7.75 Å². The lowest BCUT2D eigenvalue weighted by Crippen LogP contribution is -2.20. The molecule has 3 rings (SSSR count). The molecule has 0 radical (unpaired) electrons. The van der Waals surface area contributed by atoms with Crippen LogP contribution in [0.5, 0.6) is 0 Å². The topological polar surface area (TPSA) is 82.9 Å². The standard InChI is InChI=1S/C14H14N3O4P/c1-2-19-22(18)17-13(11-5-3-7-15-9-11)20-14(21-22)12-6-4-8-16-10-12/h3-10,14H,2H2,1H3. The van der Waals surface area contributed by atoms with Crippen molar-refractivity contribution in [3.8, 4) is 0 Å². The van der Waals surface area contributed by atoms with E-state index >= 15 is 0 Å². The molecule has 0 saturated carbocycles. The van der Waals surface area contributed by atoms with Crippen LogP contribution in [0.2, 0.25) is 0 Å². The van der Waals surface area contributed by atoms with Crippen LogP contribution < -0.4 is 0 Å². The van der Waals surface area contributed by atoms with E-state index in [0.717, 1.165) is 0 Å². The number of aromatic nitrogens is 2. The fraction of sp³-hybridized carbons (Fsp3) is 0.214. The number of hydrogen-bond acceptors (Lipinski definition) is 6. The first kappa shape index (κ1) is 14.8. The van der Waals surface area contributed by atoms with Crippen molar-refractivity contribution < 1.29 is 18.3 Å². The van der Waals surface area contributed by atoms with E-state index in [1.807, 2.05) is 0 Å². The summed E-state index contributed by atoms with van der Waals surface area (Å²) in [6.07, 6.45) is 5.50. The van der Waals surface area contributed by atoms with Crippen LogP contribution in [0.3, 0.4) is 0 Å². The molecule has 2 aromatic heterocycles. The van der Waals surface area contributed by atoms with Gasteiger partial charge in [0.15, 0.2) is 0 Å². The largest absolute Gasteiger partial charge is 0.460 e. The van der Waals surface area contributed by atoms with Crippen molar-refractivity contribution in [3.05, 3.63) is 60.2 Å². The highest BCUT2D eigenvalue weighted by molar-refractivity contribution is 7.52. The molecule has 22 heavy (non-hydrogen) atoms. The van der Waals surface area contributed by atoms with Gasteiger partial charge in [-0.05, 0) is 31.2 Å². The van der Waals surface area contributed by atoms with Crippen molar-refractivity contribution in [3.63, 3.8) is 0 Å². The first-order valence-corrected chi connectivity index (χ1v) is 8.20. The van der Waals surface area contributed by atoms with Gasteiger partial charge in [0.25, 0.3) is 0 Å². The maximum Gasteiger partial charge on any atom is 0.460 e. The molecule has 0 spiro atoms. The number of nitrogens with zero attached hydrogens (tertiary/aromatic N) is 3. The van der Waals surface area contributed by atoms with Gasteiger partial charge in [-0.2, -0.15) is 0 Å². The predicted octanol–water partition coefficient (Wildman–Crippen LogP) is 3.11. The highest BCUT2D eigenvalue weighted by atomic mass is 31.2. The summed E-state index contributed by atoms with van der Waals surface area (Å²) in [6.45, 7) is 1.93.